The summed E-state index contributed by atoms with van der Waals surface area (Å²) in [7, 11) is 0. The maximum Gasteiger partial charge on any atom is 0.414 e. The minimum atomic E-state index is -0.399. The third-order valence-corrected chi connectivity index (χ3v) is 2.29. The zero-order valence-electron chi connectivity index (χ0n) is 8.48. The normalized spacial score (nSPS) is 19.1. The molecule has 1 amide bonds. The van der Waals surface area contributed by atoms with E-state index in [1.165, 1.54) is 4.90 Å². The Hall–Kier alpha value is -2.20. The van der Waals surface area contributed by atoms with Crippen LogP contribution in [0.2, 0.25) is 0 Å². The fourth-order valence-corrected chi connectivity index (χ4v) is 1.56. The molecule has 1 aromatic carbocycles. The highest BCUT2D eigenvalue weighted by atomic mass is 16.6. The molecule has 0 aromatic heterocycles. The Bertz CT molecular complexity index is 428. The van der Waals surface area contributed by atoms with Crippen molar-refractivity contribution < 1.29 is 9.53 Å². The molecule has 1 fully saturated rings. The van der Waals surface area contributed by atoms with Crippen molar-refractivity contribution in [3.05, 3.63) is 40.8 Å². The van der Waals surface area contributed by atoms with E-state index in [-0.39, 0.29) is 12.6 Å². The quantitative estimate of drug-likeness (QED) is 0.443. The summed E-state index contributed by atoms with van der Waals surface area (Å²) in [6.45, 7) is 0.591. The van der Waals surface area contributed by atoms with E-state index in [0.29, 0.717) is 6.54 Å². The number of para-hydroxylation sites is 1. The molecule has 1 aliphatic heterocycles. The van der Waals surface area contributed by atoms with Gasteiger partial charge in [-0.2, -0.15) is 0 Å². The first-order valence-corrected chi connectivity index (χ1v) is 4.85. The van der Waals surface area contributed by atoms with Gasteiger partial charge < -0.3 is 4.74 Å². The molecule has 1 aliphatic rings. The number of rotatable bonds is 3. The Morgan fingerprint density at radius 2 is 2.25 bits per heavy atom. The van der Waals surface area contributed by atoms with Crippen molar-refractivity contribution in [3.63, 3.8) is 0 Å². The van der Waals surface area contributed by atoms with E-state index < -0.39 is 6.09 Å². The molecule has 0 bridgehead atoms. The summed E-state index contributed by atoms with van der Waals surface area (Å²) in [5.41, 5.74) is 8.97. The third-order valence-electron chi connectivity index (χ3n) is 2.29. The van der Waals surface area contributed by atoms with Gasteiger partial charge in [0.1, 0.15) is 6.10 Å². The molecule has 82 valence electrons. The number of nitrogens with zero attached hydrogens (tertiary/aromatic N) is 4. The molecule has 1 heterocycles. The van der Waals surface area contributed by atoms with Gasteiger partial charge >= 0.3 is 6.09 Å². The number of carbonyl (C=O) groups is 1. The SMILES string of the molecule is [N-]=[N+]=NC[C@@H]1CN(c2ccccc2)C(=O)O1. The van der Waals surface area contributed by atoms with Gasteiger partial charge in [0.15, 0.2) is 0 Å². The molecular weight excluding hydrogens is 208 g/mol. The topological polar surface area (TPSA) is 78.3 Å². The second-order valence-electron chi connectivity index (χ2n) is 3.37. The third kappa shape index (κ3) is 2.07. The van der Waals surface area contributed by atoms with E-state index >= 15 is 0 Å². The lowest BCUT2D eigenvalue weighted by atomic mass is 10.3. The van der Waals surface area contributed by atoms with Crippen molar-refractivity contribution >= 4 is 11.8 Å². The van der Waals surface area contributed by atoms with Crippen LogP contribution in [0.15, 0.2) is 35.4 Å². The lowest BCUT2D eigenvalue weighted by Crippen LogP contribution is -2.24. The Labute approximate surface area is 92.1 Å². The lowest BCUT2D eigenvalue weighted by molar-refractivity contribution is 0.145. The highest BCUT2D eigenvalue weighted by Crippen LogP contribution is 2.20. The largest absolute Gasteiger partial charge is 0.444 e. The first-order chi connectivity index (χ1) is 7.81. The maximum atomic E-state index is 11.5. The molecule has 0 aliphatic carbocycles. The van der Waals surface area contributed by atoms with Crippen LogP contribution < -0.4 is 4.90 Å². The molecule has 0 saturated carbocycles. The summed E-state index contributed by atoms with van der Waals surface area (Å²) in [5.74, 6) is 0. The average molecular weight is 218 g/mol. The molecule has 0 spiro atoms. The van der Waals surface area contributed by atoms with Crippen molar-refractivity contribution in [1.29, 1.82) is 0 Å². The van der Waals surface area contributed by atoms with Gasteiger partial charge in [0.05, 0.1) is 13.1 Å². The number of anilines is 1. The summed E-state index contributed by atoms with van der Waals surface area (Å²) in [6, 6.07) is 9.24. The van der Waals surface area contributed by atoms with Gasteiger partial charge in [-0.25, -0.2) is 4.79 Å². The fourth-order valence-electron chi connectivity index (χ4n) is 1.56. The molecular formula is C10H10N4O2. The Balaban J connectivity index is 2.08. The van der Waals surface area contributed by atoms with Crippen LogP contribution in [0.1, 0.15) is 0 Å². The van der Waals surface area contributed by atoms with Crippen molar-refractivity contribution in [3.8, 4) is 0 Å². The maximum absolute atomic E-state index is 11.5. The molecule has 2 rings (SSSR count). The second kappa shape index (κ2) is 4.55. The van der Waals surface area contributed by atoms with E-state index in [1.807, 2.05) is 30.3 Å². The number of benzene rings is 1. The highest BCUT2D eigenvalue weighted by Gasteiger charge is 2.31. The van der Waals surface area contributed by atoms with Crippen LogP contribution in [0.5, 0.6) is 0 Å². The highest BCUT2D eigenvalue weighted by molar-refractivity contribution is 5.89. The van der Waals surface area contributed by atoms with Crippen LogP contribution in [0.25, 0.3) is 10.4 Å². The van der Waals surface area contributed by atoms with Crippen molar-refractivity contribution in [2.45, 2.75) is 6.10 Å². The molecule has 0 N–H and O–H groups in total. The summed E-state index contributed by atoms with van der Waals surface area (Å²) in [6.07, 6.45) is -0.757. The standard InChI is InChI=1S/C10H10N4O2/c11-13-12-6-9-7-14(10(15)16-9)8-4-2-1-3-5-8/h1-5,9H,6-7H2/t9-/m1/s1. The van der Waals surface area contributed by atoms with E-state index in [2.05, 4.69) is 10.0 Å². The minimum absolute atomic E-state index is 0.172. The van der Waals surface area contributed by atoms with Gasteiger partial charge in [-0.05, 0) is 17.7 Å². The summed E-state index contributed by atoms with van der Waals surface area (Å²) < 4.78 is 5.05. The van der Waals surface area contributed by atoms with E-state index in [1.54, 1.807) is 0 Å². The first kappa shape index (κ1) is 10.3. The summed E-state index contributed by atoms with van der Waals surface area (Å²) in [5, 5.41) is 3.39. The molecule has 1 atom stereocenters. The van der Waals surface area contributed by atoms with Crippen molar-refractivity contribution in [1.82, 2.24) is 0 Å². The zero-order chi connectivity index (χ0) is 11.4. The molecule has 1 saturated heterocycles. The number of hydrogen-bond acceptors (Lipinski definition) is 3. The lowest BCUT2D eigenvalue weighted by Gasteiger charge is -2.11. The van der Waals surface area contributed by atoms with Crippen molar-refractivity contribution in [2.24, 2.45) is 5.11 Å². The number of carbonyl (C=O) groups excluding carboxylic acids is 1. The van der Waals surface area contributed by atoms with Gasteiger partial charge in [0, 0.05) is 10.6 Å². The Kier molecular flexibility index (Phi) is 2.93. The van der Waals surface area contributed by atoms with Crippen LogP contribution in [-0.2, 0) is 4.74 Å². The number of ether oxygens (including phenoxy) is 1. The smallest absolute Gasteiger partial charge is 0.414 e. The fraction of sp³-hybridized carbons (Fsp3) is 0.300. The molecule has 16 heavy (non-hydrogen) atoms. The van der Waals surface area contributed by atoms with Crippen LogP contribution in [-0.4, -0.2) is 25.3 Å². The Morgan fingerprint density at radius 1 is 1.50 bits per heavy atom. The van der Waals surface area contributed by atoms with Crippen LogP contribution in [0.3, 0.4) is 0 Å². The number of cyclic esters (lactones) is 1. The summed E-state index contributed by atoms with van der Waals surface area (Å²) in [4.78, 5) is 15.7. The molecule has 6 heteroatoms. The molecule has 1 aromatic rings. The number of azide groups is 1. The van der Waals surface area contributed by atoms with Crippen LogP contribution >= 0.6 is 0 Å². The van der Waals surface area contributed by atoms with Gasteiger partial charge in [0.25, 0.3) is 0 Å². The van der Waals surface area contributed by atoms with Gasteiger partial charge in [-0.3, -0.25) is 4.90 Å². The molecule has 0 unspecified atom stereocenters. The van der Waals surface area contributed by atoms with Gasteiger partial charge in [-0.1, -0.05) is 23.3 Å². The summed E-state index contributed by atoms with van der Waals surface area (Å²) >= 11 is 0. The average Bonchev–Trinajstić information content (AvgIpc) is 2.69. The number of hydrogen-bond donors (Lipinski definition) is 0. The predicted molar refractivity (Wildman–Crippen MR) is 58.1 cm³/mol. The van der Waals surface area contributed by atoms with Gasteiger partial charge in [-0.15, -0.1) is 0 Å². The van der Waals surface area contributed by atoms with Crippen LogP contribution in [0, 0.1) is 0 Å². The van der Waals surface area contributed by atoms with E-state index in [0.717, 1.165) is 5.69 Å². The Morgan fingerprint density at radius 3 is 2.94 bits per heavy atom. The van der Waals surface area contributed by atoms with E-state index in [4.69, 9.17) is 10.3 Å². The monoisotopic (exact) mass is 218 g/mol. The predicted octanol–water partition coefficient (Wildman–Crippen LogP) is 2.32. The van der Waals surface area contributed by atoms with Crippen molar-refractivity contribution in [2.75, 3.05) is 18.0 Å². The van der Waals surface area contributed by atoms with Crippen LogP contribution in [0.4, 0.5) is 10.5 Å². The minimum Gasteiger partial charge on any atom is -0.444 e. The van der Waals surface area contributed by atoms with Gasteiger partial charge in [0.2, 0.25) is 0 Å². The van der Waals surface area contributed by atoms with E-state index in [9.17, 15) is 4.79 Å². The zero-order valence-corrected chi connectivity index (χ0v) is 8.48. The first-order valence-electron chi connectivity index (χ1n) is 4.85. The molecule has 6 nitrogen and oxygen atoms in total. The molecule has 0 radical (unpaired) electrons. The second-order valence-corrected chi connectivity index (χ2v) is 3.37. The number of amides is 1.